The van der Waals surface area contributed by atoms with E-state index in [4.69, 9.17) is 32.7 Å². The smallest absolute Gasteiger partial charge is 0.387 e. The van der Waals surface area contributed by atoms with E-state index in [2.05, 4.69) is 9.72 Å². The summed E-state index contributed by atoms with van der Waals surface area (Å²) in [6, 6.07) is 8.62. The molecule has 1 saturated carbocycles. The summed E-state index contributed by atoms with van der Waals surface area (Å²) < 4.78 is 91.4. The number of sulfonamides is 2. The van der Waals surface area contributed by atoms with Gasteiger partial charge in [-0.1, -0.05) is 35.3 Å². The third-order valence-corrected chi connectivity index (χ3v) is 10.3. The van der Waals surface area contributed by atoms with Crippen molar-refractivity contribution in [2.75, 3.05) is 22.8 Å². The van der Waals surface area contributed by atoms with Crippen molar-refractivity contribution < 1.29 is 44.6 Å². The van der Waals surface area contributed by atoms with Gasteiger partial charge >= 0.3 is 12.6 Å². The number of hydrogen-bond acceptors (Lipinski definition) is 9. The van der Waals surface area contributed by atoms with E-state index in [1.807, 2.05) is 0 Å². The number of ether oxygens (including phenoxy) is 3. The van der Waals surface area contributed by atoms with Crippen LogP contribution in [-0.4, -0.2) is 53.5 Å². The van der Waals surface area contributed by atoms with E-state index in [9.17, 15) is 35.2 Å². The second-order valence-electron chi connectivity index (χ2n) is 9.97. The van der Waals surface area contributed by atoms with Gasteiger partial charge in [-0.15, -0.1) is 0 Å². The number of aromatic nitrogens is 1. The van der Waals surface area contributed by atoms with Crippen molar-refractivity contribution >= 4 is 54.9 Å². The van der Waals surface area contributed by atoms with Crippen molar-refractivity contribution in [1.29, 1.82) is 0 Å². The quantitative estimate of drug-likeness (QED) is 0.246. The molecule has 17 heteroatoms. The summed E-state index contributed by atoms with van der Waals surface area (Å²) in [6.07, 6.45) is 2.89. The van der Waals surface area contributed by atoms with Crippen molar-refractivity contribution in [3.63, 3.8) is 0 Å². The predicted molar refractivity (Wildman–Crippen MR) is 159 cm³/mol. The van der Waals surface area contributed by atoms with Gasteiger partial charge in [-0.25, -0.2) is 21.6 Å². The van der Waals surface area contributed by atoms with Crippen LogP contribution in [0.2, 0.25) is 10.0 Å². The summed E-state index contributed by atoms with van der Waals surface area (Å²) in [5.41, 5.74) is -0.901. The highest BCUT2D eigenvalue weighted by molar-refractivity contribution is 8.09. The Bertz CT molecular complexity index is 1800. The third kappa shape index (κ3) is 8.40. The van der Waals surface area contributed by atoms with Crippen LogP contribution < -0.4 is 18.7 Å². The number of esters is 1. The minimum Gasteiger partial charge on any atom is -0.489 e. The van der Waals surface area contributed by atoms with Gasteiger partial charge in [0.15, 0.2) is 11.5 Å². The van der Waals surface area contributed by atoms with E-state index >= 15 is 0 Å². The lowest BCUT2D eigenvalue weighted by Gasteiger charge is -2.22. The first kappa shape index (κ1) is 33.5. The number of carbonyl (C=O) groups is 1. The first-order valence-electron chi connectivity index (χ1n) is 12.8. The molecule has 0 amide bonds. The Balaban J connectivity index is 1.75. The average molecular weight is 696 g/mol. The number of anilines is 1. The summed E-state index contributed by atoms with van der Waals surface area (Å²) in [7, 11) is -8.62. The number of carbonyl (C=O) groups excluding carboxylic acids is 1. The summed E-state index contributed by atoms with van der Waals surface area (Å²) >= 11 is 12.5. The fourth-order valence-corrected chi connectivity index (χ4v) is 7.69. The maximum atomic E-state index is 13.4. The van der Waals surface area contributed by atoms with Gasteiger partial charge in [-0.3, -0.25) is 4.79 Å². The number of rotatable bonds is 13. The van der Waals surface area contributed by atoms with Gasteiger partial charge in [0, 0.05) is 18.2 Å². The number of H-pyrrole nitrogens is 1. The van der Waals surface area contributed by atoms with Crippen LogP contribution >= 0.6 is 23.2 Å². The second kappa shape index (κ2) is 13.3. The molecule has 0 saturated heterocycles. The molecule has 0 radical (unpaired) electrons. The number of pyridine rings is 1. The molecule has 4 rings (SSSR count). The number of hydrogen-bond donors (Lipinski definition) is 1. The molecule has 1 aliphatic carbocycles. The molecule has 1 atom stereocenters. The van der Waals surface area contributed by atoms with Crippen LogP contribution in [0.4, 0.5) is 14.5 Å². The van der Waals surface area contributed by atoms with Crippen LogP contribution in [0.3, 0.4) is 0 Å². The highest BCUT2D eigenvalue weighted by Gasteiger charge is 2.30. The first-order chi connectivity index (χ1) is 20.5. The molecule has 3 aromatic rings. The SMILES string of the molecule is CS(=O)(=O)N(c1cccc(C(=O)OC(Cc2c(Cl)c[nH]c(=O)c2Cl)c2ccc(OC(F)F)c(OCC3CC3)c2)c1)S(C)(=O)=O. The van der Waals surface area contributed by atoms with Crippen LogP contribution in [0, 0.1) is 5.92 Å². The molecule has 1 heterocycles. The van der Waals surface area contributed by atoms with Crippen molar-refractivity contribution in [3.8, 4) is 11.5 Å². The van der Waals surface area contributed by atoms with E-state index in [1.165, 1.54) is 42.6 Å². The van der Waals surface area contributed by atoms with E-state index < -0.39 is 44.3 Å². The topological polar surface area (TPSA) is 149 Å². The van der Waals surface area contributed by atoms with Crippen LogP contribution in [-0.2, 0) is 31.2 Å². The van der Waals surface area contributed by atoms with Crippen molar-refractivity contribution in [3.05, 3.63) is 85.8 Å². The number of alkyl halides is 2. The molecule has 1 unspecified atom stereocenters. The maximum absolute atomic E-state index is 13.4. The molecule has 1 fully saturated rings. The van der Waals surface area contributed by atoms with Gasteiger partial charge < -0.3 is 19.2 Å². The van der Waals surface area contributed by atoms with Crippen LogP contribution in [0.5, 0.6) is 11.5 Å². The molecule has 44 heavy (non-hydrogen) atoms. The van der Waals surface area contributed by atoms with Gasteiger partial charge in [-0.2, -0.15) is 12.5 Å². The summed E-state index contributed by atoms with van der Waals surface area (Å²) in [5, 5.41) is -0.238. The normalized spacial score (nSPS) is 14.2. The van der Waals surface area contributed by atoms with Crippen molar-refractivity contribution in [2.45, 2.75) is 32.0 Å². The average Bonchev–Trinajstić information content (AvgIpc) is 3.75. The Hall–Kier alpha value is -3.40. The Kier molecular flexibility index (Phi) is 10.1. The Morgan fingerprint density at radius 1 is 1.05 bits per heavy atom. The summed E-state index contributed by atoms with van der Waals surface area (Å²) in [5.74, 6) is -1.07. The minimum absolute atomic E-state index is 0.0393. The lowest BCUT2D eigenvalue weighted by atomic mass is 10.0. The van der Waals surface area contributed by atoms with E-state index in [0.29, 0.717) is 12.5 Å². The molecule has 1 aromatic heterocycles. The molecule has 11 nitrogen and oxygen atoms in total. The van der Waals surface area contributed by atoms with Crippen LogP contribution in [0.1, 0.15) is 40.4 Å². The number of nitrogens with one attached hydrogen (secondary N) is 1. The fourth-order valence-electron chi connectivity index (χ4n) is 4.22. The van der Waals surface area contributed by atoms with Gasteiger partial charge in [0.1, 0.15) is 11.1 Å². The highest BCUT2D eigenvalue weighted by atomic mass is 35.5. The Labute approximate surface area is 261 Å². The molecule has 2 aromatic carbocycles. The molecule has 0 aliphatic heterocycles. The standard InChI is InChI=1S/C27H26Cl2F2N2O9S2/c1-43(36,37)33(44(2,38)39)18-5-3-4-17(10-18)26(35)41-22(12-19-20(28)13-32-25(34)24(19)29)16-8-9-21(42-27(30)31)23(11-16)40-14-15-6-7-15/h3-5,8-11,13,15,22,27H,6-7,12,14H2,1-2H3,(H,32,34). The maximum Gasteiger partial charge on any atom is 0.387 e. The zero-order chi connectivity index (χ0) is 32.4. The highest BCUT2D eigenvalue weighted by Crippen LogP contribution is 2.38. The van der Waals surface area contributed by atoms with Gasteiger partial charge in [0.05, 0.1) is 35.4 Å². The number of halogens is 4. The Morgan fingerprint density at radius 3 is 2.34 bits per heavy atom. The zero-order valence-electron chi connectivity index (χ0n) is 23.1. The largest absolute Gasteiger partial charge is 0.489 e. The molecule has 1 aliphatic rings. The number of nitrogens with zero attached hydrogens (tertiary/aromatic N) is 1. The molecular weight excluding hydrogens is 669 g/mol. The lowest BCUT2D eigenvalue weighted by molar-refractivity contribution is -0.0515. The van der Waals surface area contributed by atoms with Gasteiger partial charge in [0.25, 0.3) is 5.56 Å². The van der Waals surface area contributed by atoms with Crippen molar-refractivity contribution in [2.24, 2.45) is 5.92 Å². The summed E-state index contributed by atoms with van der Waals surface area (Å²) in [4.78, 5) is 28.0. The van der Waals surface area contributed by atoms with Crippen LogP contribution in [0.25, 0.3) is 0 Å². The van der Waals surface area contributed by atoms with Crippen LogP contribution in [0.15, 0.2) is 53.5 Å². The molecule has 0 bridgehead atoms. The monoisotopic (exact) mass is 694 g/mol. The third-order valence-electron chi connectivity index (χ3n) is 6.34. The first-order valence-corrected chi connectivity index (χ1v) is 17.3. The predicted octanol–water partition coefficient (Wildman–Crippen LogP) is 4.94. The lowest BCUT2D eigenvalue weighted by Crippen LogP contribution is -2.35. The second-order valence-corrected chi connectivity index (χ2v) is 14.6. The zero-order valence-corrected chi connectivity index (χ0v) is 26.3. The minimum atomic E-state index is -4.31. The molecule has 238 valence electrons. The molecule has 1 N–H and O–H groups in total. The van der Waals surface area contributed by atoms with E-state index in [-0.39, 0.29) is 66.6 Å². The number of benzene rings is 2. The molecule has 0 spiro atoms. The van der Waals surface area contributed by atoms with Crippen molar-refractivity contribution in [1.82, 2.24) is 4.98 Å². The van der Waals surface area contributed by atoms with E-state index in [1.54, 1.807) is 0 Å². The molecular formula is C27H26Cl2F2N2O9S2. The van der Waals surface area contributed by atoms with Gasteiger partial charge in [-0.05, 0) is 54.7 Å². The van der Waals surface area contributed by atoms with E-state index in [0.717, 1.165) is 18.9 Å². The number of aromatic amines is 1. The Morgan fingerprint density at radius 2 is 1.73 bits per heavy atom. The fraction of sp³-hybridized carbons (Fsp3) is 0.333. The van der Waals surface area contributed by atoms with Gasteiger partial charge in [0.2, 0.25) is 20.0 Å². The summed E-state index contributed by atoms with van der Waals surface area (Å²) in [6.45, 7) is -2.90.